The zero-order valence-corrected chi connectivity index (χ0v) is 12.3. The predicted molar refractivity (Wildman–Crippen MR) is 82.0 cm³/mol. The van der Waals surface area contributed by atoms with Gasteiger partial charge in [0.15, 0.2) is 0 Å². The summed E-state index contributed by atoms with van der Waals surface area (Å²) < 4.78 is 5.66. The summed E-state index contributed by atoms with van der Waals surface area (Å²) in [6.07, 6.45) is 0. The van der Waals surface area contributed by atoms with Crippen LogP contribution in [0.3, 0.4) is 0 Å². The van der Waals surface area contributed by atoms with Gasteiger partial charge in [-0.05, 0) is 6.07 Å². The molecule has 21 heavy (non-hydrogen) atoms. The van der Waals surface area contributed by atoms with E-state index in [4.69, 9.17) is 4.74 Å². The van der Waals surface area contributed by atoms with Gasteiger partial charge in [-0.25, -0.2) is 0 Å². The van der Waals surface area contributed by atoms with Crippen LogP contribution >= 0.6 is 0 Å². The van der Waals surface area contributed by atoms with Crippen LogP contribution in [0.25, 0.3) is 0 Å². The molecule has 0 fully saturated rings. The zero-order valence-electron chi connectivity index (χ0n) is 12.3. The molecule has 1 unspecified atom stereocenters. The molecule has 0 bridgehead atoms. The van der Waals surface area contributed by atoms with Gasteiger partial charge in [-0.15, -0.1) is 0 Å². The highest BCUT2D eigenvalue weighted by Crippen LogP contribution is 2.33. The number of hydrogen-bond acceptors (Lipinski definition) is 7. The Bertz CT molecular complexity index is 645. The molecular weight excluding hydrogens is 268 g/mol. The first kappa shape index (κ1) is 13.4. The number of rotatable bonds is 4. The van der Waals surface area contributed by atoms with E-state index in [1.54, 1.807) is 7.05 Å². The molecule has 2 aromatic rings. The van der Waals surface area contributed by atoms with E-state index < -0.39 is 0 Å². The standard InChI is InChI=1S/C14H18N6O/c1-15-12-17-13(19-14(18-12)20(2)3)16-10-8-21-11-7-5-4-6-9(10)11/h4-7,10H,8H2,1-3H3,(H2,15,16,17,18,19). The molecule has 0 radical (unpaired) electrons. The number of fused-ring (bicyclic) bond motifs is 1. The van der Waals surface area contributed by atoms with Crippen molar-refractivity contribution in [3.05, 3.63) is 29.8 Å². The lowest BCUT2D eigenvalue weighted by Gasteiger charge is -2.15. The zero-order chi connectivity index (χ0) is 14.8. The van der Waals surface area contributed by atoms with Crippen molar-refractivity contribution in [2.24, 2.45) is 0 Å². The van der Waals surface area contributed by atoms with Gasteiger partial charge >= 0.3 is 0 Å². The number of aromatic nitrogens is 3. The maximum atomic E-state index is 5.66. The number of nitrogens with zero attached hydrogens (tertiary/aromatic N) is 4. The average molecular weight is 286 g/mol. The van der Waals surface area contributed by atoms with Crippen LogP contribution < -0.4 is 20.3 Å². The largest absolute Gasteiger partial charge is 0.491 e. The van der Waals surface area contributed by atoms with Crippen LogP contribution in [0.2, 0.25) is 0 Å². The Morgan fingerprint density at radius 1 is 1.14 bits per heavy atom. The van der Waals surface area contributed by atoms with E-state index in [0.29, 0.717) is 24.5 Å². The van der Waals surface area contributed by atoms with Crippen LogP contribution in [0, 0.1) is 0 Å². The van der Waals surface area contributed by atoms with Crippen molar-refractivity contribution >= 4 is 17.8 Å². The third kappa shape index (κ3) is 2.67. The fourth-order valence-electron chi connectivity index (χ4n) is 2.18. The molecule has 0 saturated carbocycles. The first-order valence-corrected chi connectivity index (χ1v) is 6.77. The molecule has 0 saturated heterocycles. The first-order valence-electron chi connectivity index (χ1n) is 6.77. The number of nitrogens with one attached hydrogen (secondary N) is 2. The summed E-state index contributed by atoms with van der Waals surface area (Å²) in [5, 5.41) is 6.26. The molecule has 0 aliphatic carbocycles. The molecule has 7 heteroatoms. The van der Waals surface area contributed by atoms with Crippen LogP contribution in [-0.4, -0.2) is 42.7 Å². The Balaban J connectivity index is 1.87. The number of para-hydroxylation sites is 1. The summed E-state index contributed by atoms with van der Waals surface area (Å²) in [6.45, 7) is 0.567. The van der Waals surface area contributed by atoms with Crippen molar-refractivity contribution in [3.63, 3.8) is 0 Å². The van der Waals surface area contributed by atoms with Crippen molar-refractivity contribution < 1.29 is 4.74 Å². The lowest BCUT2D eigenvalue weighted by molar-refractivity contribution is 0.339. The van der Waals surface area contributed by atoms with Crippen molar-refractivity contribution in [2.75, 3.05) is 43.3 Å². The van der Waals surface area contributed by atoms with Crippen LogP contribution in [0.4, 0.5) is 17.8 Å². The van der Waals surface area contributed by atoms with Crippen LogP contribution in [0.5, 0.6) is 5.75 Å². The minimum absolute atomic E-state index is 0.0447. The molecule has 0 amide bonds. The number of benzene rings is 1. The Hall–Kier alpha value is -2.57. The number of hydrogen-bond donors (Lipinski definition) is 2. The van der Waals surface area contributed by atoms with E-state index in [0.717, 1.165) is 11.3 Å². The molecule has 1 aliphatic heterocycles. The molecule has 2 N–H and O–H groups in total. The third-order valence-corrected chi connectivity index (χ3v) is 3.25. The Kier molecular flexibility index (Phi) is 3.47. The van der Waals surface area contributed by atoms with E-state index in [-0.39, 0.29) is 6.04 Å². The Labute approximate surface area is 123 Å². The first-order chi connectivity index (χ1) is 10.2. The maximum Gasteiger partial charge on any atom is 0.231 e. The molecule has 0 spiro atoms. The van der Waals surface area contributed by atoms with Gasteiger partial charge in [0.05, 0.1) is 6.04 Å². The van der Waals surface area contributed by atoms with E-state index in [2.05, 4.69) is 25.6 Å². The molecule has 1 aromatic carbocycles. The molecule has 1 aliphatic rings. The average Bonchev–Trinajstić information content (AvgIpc) is 2.90. The van der Waals surface area contributed by atoms with Gasteiger partial charge in [0.2, 0.25) is 17.8 Å². The van der Waals surface area contributed by atoms with Gasteiger partial charge in [-0.3, -0.25) is 0 Å². The number of ether oxygens (including phenoxy) is 1. The van der Waals surface area contributed by atoms with Gasteiger partial charge in [0.1, 0.15) is 12.4 Å². The van der Waals surface area contributed by atoms with Crippen molar-refractivity contribution in [2.45, 2.75) is 6.04 Å². The van der Waals surface area contributed by atoms with E-state index in [1.807, 2.05) is 43.3 Å². The molecule has 7 nitrogen and oxygen atoms in total. The Morgan fingerprint density at radius 2 is 1.90 bits per heavy atom. The van der Waals surface area contributed by atoms with Gasteiger partial charge in [-0.1, -0.05) is 18.2 Å². The molecule has 3 rings (SSSR count). The normalized spacial score (nSPS) is 16.0. The lowest BCUT2D eigenvalue weighted by Crippen LogP contribution is -2.19. The minimum Gasteiger partial charge on any atom is -0.491 e. The summed E-state index contributed by atoms with van der Waals surface area (Å²) >= 11 is 0. The molecular formula is C14H18N6O. The van der Waals surface area contributed by atoms with Gasteiger partial charge < -0.3 is 20.3 Å². The van der Waals surface area contributed by atoms with E-state index >= 15 is 0 Å². The summed E-state index contributed by atoms with van der Waals surface area (Å²) in [6, 6.07) is 8.03. The second-order valence-electron chi connectivity index (χ2n) is 4.97. The fraction of sp³-hybridized carbons (Fsp3) is 0.357. The quantitative estimate of drug-likeness (QED) is 0.882. The predicted octanol–water partition coefficient (Wildman–Crippen LogP) is 1.52. The maximum absolute atomic E-state index is 5.66. The summed E-state index contributed by atoms with van der Waals surface area (Å²) in [5.74, 6) is 2.57. The summed E-state index contributed by atoms with van der Waals surface area (Å²) in [5.41, 5.74) is 1.12. The second kappa shape index (κ2) is 5.43. The van der Waals surface area contributed by atoms with Gasteiger partial charge in [0.25, 0.3) is 0 Å². The molecule has 1 aromatic heterocycles. The minimum atomic E-state index is 0.0447. The van der Waals surface area contributed by atoms with Crippen LogP contribution in [-0.2, 0) is 0 Å². The highest BCUT2D eigenvalue weighted by molar-refractivity contribution is 5.47. The smallest absolute Gasteiger partial charge is 0.231 e. The van der Waals surface area contributed by atoms with Crippen LogP contribution in [0.1, 0.15) is 11.6 Å². The van der Waals surface area contributed by atoms with Crippen molar-refractivity contribution in [1.29, 1.82) is 0 Å². The lowest BCUT2D eigenvalue weighted by atomic mass is 10.1. The molecule has 1 atom stereocenters. The highest BCUT2D eigenvalue weighted by atomic mass is 16.5. The monoisotopic (exact) mass is 286 g/mol. The van der Waals surface area contributed by atoms with Crippen LogP contribution in [0.15, 0.2) is 24.3 Å². The fourth-order valence-corrected chi connectivity index (χ4v) is 2.18. The summed E-state index contributed by atoms with van der Waals surface area (Å²) in [4.78, 5) is 14.9. The van der Waals surface area contributed by atoms with Crippen molar-refractivity contribution in [1.82, 2.24) is 15.0 Å². The number of anilines is 3. The molecule has 2 heterocycles. The van der Waals surface area contributed by atoms with Gasteiger partial charge in [-0.2, -0.15) is 15.0 Å². The topological polar surface area (TPSA) is 75.2 Å². The molecule has 110 valence electrons. The van der Waals surface area contributed by atoms with Gasteiger partial charge in [0, 0.05) is 26.7 Å². The van der Waals surface area contributed by atoms with E-state index in [1.165, 1.54) is 0 Å². The third-order valence-electron chi connectivity index (χ3n) is 3.25. The Morgan fingerprint density at radius 3 is 2.67 bits per heavy atom. The van der Waals surface area contributed by atoms with E-state index in [9.17, 15) is 0 Å². The second-order valence-corrected chi connectivity index (χ2v) is 4.97. The summed E-state index contributed by atoms with van der Waals surface area (Å²) in [7, 11) is 5.58. The van der Waals surface area contributed by atoms with Crippen molar-refractivity contribution in [3.8, 4) is 5.75 Å². The highest BCUT2D eigenvalue weighted by Gasteiger charge is 2.24. The SMILES string of the molecule is CNc1nc(NC2COc3ccccc32)nc(N(C)C)n1.